The Morgan fingerprint density at radius 1 is 1.60 bits per heavy atom. The molecule has 0 spiro atoms. The average molecular weight is 224 g/mol. The van der Waals surface area contributed by atoms with E-state index in [9.17, 15) is 0 Å². The molecule has 15 heavy (non-hydrogen) atoms. The zero-order chi connectivity index (χ0) is 11.8. The summed E-state index contributed by atoms with van der Waals surface area (Å²) in [6.07, 6.45) is 4.86. The molecule has 0 rings (SSSR count). The first-order chi connectivity index (χ1) is 7.10. The molecule has 0 fully saturated rings. The third-order valence-electron chi connectivity index (χ3n) is 1.69. The summed E-state index contributed by atoms with van der Waals surface area (Å²) >= 11 is 4.14. The Kier molecular flexibility index (Phi) is 6.29. The van der Waals surface area contributed by atoms with E-state index in [-0.39, 0.29) is 5.76 Å². The molecular weight excluding hydrogens is 208 g/mol. The highest BCUT2D eigenvalue weighted by Gasteiger charge is 2.08. The maximum Gasteiger partial charge on any atom is 0.110 e. The molecule has 0 aromatic rings. The molecule has 0 aromatic heterocycles. The summed E-state index contributed by atoms with van der Waals surface area (Å²) in [5.41, 5.74) is 1.30. The molecule has 1 N–H and O–H groups in total. The molecule has 0 aliphatic rings. The molecule has 0 atom stereocenters. The largest absolute Gasteiger partial charge is 0.509 e. The van der Waals surface area contributed by atoms with Gasteiger partial charge in [0, 0.05) is 6.08 Å². The van der Waals surface area contributed by atoms with Crippen LogP contribution in [0.1, 0.15) is 6.92 Å². The van der Waals surface area contributed by atoms with Gasteiger partial charge in [-0.05, 0) is 19.8 Å². The third-order valence-corrected chi connectivity index (χ3v) is 2.00. The normalized spacial score (nSPS) is 12.1. The fraction of sp³-hybridized carbons (Fsp3) is 0.182. The number of aliphatic hydroxyl groups is 1. The summed E-state index contributed by atoms with van der Waals surface area (Å²) in [7, 11) is 0. The van der Waals surface area contributed by atoms with Crippen molar-refractivity contribution in [2.45, 2.75) is 6.92 Å². The minimum Gasteiger partial charge on any atom is -0.509 e. The Bertz CT molecular complexity index is 319. The van der Waals surface area contributed by atoms with Crippen LogP contribution < -0.4 is 0 Å². The molecule has 4 heteroatoms. The minimum atomic E-state index is -0.0540. The van der Waals surface area contributed by atoms with Gasteiger partial charge in [-0.3, -0.25) is 4.99 Å². The van der Waals surface area contributed by atoms with Crippen molar-refractivity contribution in [3.8, 4) is 0 Å². The van der Waals surface area contributed by atoms with Gasteiger partial charge in [-0.15, -0.1) is 0 Å². The molecule has 82 valence electrons. The Morgan fingerprint density at radius 3 is 2.47 bits per heavy atom. The number of nitrogens with zero attached hydrogens (tertiary/aromatic N) is 2. The lowest BCUT2D eigenvalue weighted by molar-refractivity contribution is 0.430. The molecule has 0 heterocycles. The molecule has 0 aliphatic heterocycles. The highest BCUT2D eigenvalue weighted by atomic mass is 32.1. The zero-order valence-corrected chi connectivity index (χ0v) is 9.74. The van der Waals surface area contributed by atoms with Crippen LogP contribution in [0, 0.1) is 0 Å². The standard InChI is InChI=1S/C11H16N2OS/c1-5-10(12-4)11(7-9(3)14)13(6-2)8-15/h5-7,14-15H,2-4,8H2,1H3/b10-5+,11-7+. The van der Waals surface area contributed by atoms with Crippen LogP contribution in [-0.4, -0.2) is 22.6 Å². The second kappa shape index (κ2) is 6.95. The predicted molar refractivity (Wildman–Crippen MR) is 69.0 cm³/mol. The smallest absolute Gasteiger partial charge is 0.110 e. The maximum atomic E-state index is 9.16. The molecule has 0 radical (unpaired) electrons. The van der Waals surface area contributed by atoms with Crippen LogP contribution in [0.4, 0.5) is 0 Å². The third kappa shape index (κ3) is 4.08. The van der Waals surface area contributed by atoms with Crippen molar-refractivity contribution in [3.63, 3.8) is 0 Å². The van der Waals surface area contributed by atoms with E-state index in [1.165, 1.54) is 6.08 Å². The van der Waals surface area contributed by atoms with Crippen molar-refractivity contribution < 1.29 is 5.11 Å². The summed E-state index contributed by atoms with van der Waals surface area (Å²) in [5.74, 6) is 0.372. The number of hydrogen-bond donors (Lipinski definition) is 2. The van der Waals surface area contributed by atoms with Gasteiger partial charge in [-0.1, -0.05) is 19.2 Å². The summed E-state index contributed by atoms with van der Waals surface area (Å²) < 4.78 is 0. The number of aliphatic hydroxyl groups excluding tert-OH is 1. The number of rotatable bonds is 6. The Morgan fingerprint density at radius 2 is 2.20 bits per heavy atom. The highest BCUT2D eigenvalue weighted by molar-refractivity contribution is 7.80. The second-order valence-electron chi connectivity index (χ2n) is 2.65. The van der Waals surface area contributed by atoms with Crippen molar-refractivity contribution in [2.24, 2.45) is 4.99 Å². The van der Waals surface area contributed by atoms with Crippen molar-refractivity contribution in [3.05, 3.63) is 48.7 Å². The lowest BCUT2D eigenvalue weighted by atomic mass is 10.2. The summed E-state index contributed by atoms with van der Waals surface area (Å²) in [5, 5.41) is 9.16. The number of thiol groups is 1. The summed E-state index contributed by atoms with van der Waals surface area (Å²) in [6, 6.07) is 0. The monoisotopic (exact) mass is 224 g/mol. The fourth-order valence-electron chi connectivity index (χ4n) is 1.01. The summed E-state index contributed by atoms with van der Waals surface area (Å²) in [6.45, 7) is 12.3. The van der Waals surface area contributed by atoms with Gasteiger partial charge in [-0.2, -0.15) is 12.6 Å². The summed E-state index contributed by atoms with van der Waals surface area (Å²) in [4.78, 5) is 5.56. The van der Waals surface area contributed by atoms with Crippen LogP contribution in [0.5, 0.6) is 0 Å². The van der Waals surface area contributed by atoms with E-state index >= 15 is 0 Å². The van der Waals surface area contributed by atoms with E-state index in [0.717, 1.165) is 0 Å². The minimum absolute atomic E-state index is 0.0540. The number of allylic oxidation sites excluding steroid dienone is 2. The quantitative estimate of drug-likeness (QED) is 0.239. The fourth-order valence-corrected chi connectivity index (χ4v) is 1.28. The van der Waals surface area contributed by atoms with Gasteiger partial charge in [0.2, 0.25) is 0 Å². The second-order valence-corrected chi connectivity index (χ2v) is 2.93. The van der Waals surface area contributed by atoms with Crippen LogP contribution in [0.3, 0.4) is 0 Å². The first-order valence-corrected chi connectivity index (χ1v) is 4.97. The molecule has 0 aromatic carbocycles. The lowest BCUT2D eigenvalue weighted by Crippen LogP contribution is -2.15. The Hall–Kier alpha value is -1.42. The molecule has 0 saturated heterocycles. The van der Waals surface area contributed by atoms with Crippen molar-refractivity contribution in [1.82, 2.24) is 4.90 Å². The number of aliphatic imine (C=N–C) groups is 1. The van der Waals surface area contributed by atoms with E-state index in [1.54, 1.807) is 17.2 Å². The van der Waals surface area contributed by atoms with E-state index in [4.69, 9.17) is 5.11 Å². The SMILES string of the molecule is C=CN(CS)C(=C/C(=C)O)/C(=C\C)N=C. The number of hydrogen-bond acceptors (Lipinski definition) is 4. The van der Waals surface area contributed by atoms with Crippen LogP contribution >= 0.6 is 12.6 Å². The average Bonchev–Trinajstić information content (AvgIpc) is 2.20. The molecule has 0 bridgehead atoms. The predicted octanol–water partition coefficient (Wildman–Crippen LogP) is 2.88. The molecule has 3 nitrogen and oxygen atoms in total. The van der Waals surface area contributed by atoms with Crippen LogP contribution in [-0.2, 0) is 0 Å². The van der Waals surface area contributed by atoms with Gasteiger partial charge < -0.3 is 10.0 Å². The van der Waals surface area contributed by atoms with Crippen molar-refractivity contribution in [1.29, 1.82) is 0 Å². The molecule has 0 unspecified atom stereocenters. The molecule has 0 saturated carbocycles. The van der Waals surface area contributed by atoms with Crippen molar-refractivity contribution >= 4 is 19.3 Å². The van der Waals surface area contributed by atoms with Crippen LogP contribution in [0.25, 0.3) is 0 Å². The first kappa shape index (κ1) is 13.6. The van der Waals surface area contributed by atoms with E-state index in [0.29, 0.717) is 17.3 Å². The van der Waals surface area contributed by atoms with Crippen LogP contribution in [0.2, 0.25) is 0 Å². The first-order valence-electron chi connectivity index (χ1n) is 4.33. The molecular formula is C11H16N2OS. The lowest BCUT2D eigenvalue weighted by Gasteiger charge is -2.21. The van der Waals surface area contributed by atoms with Gasteiger partial charge in [0.25, 0.3) is 0 Å². The highest BCUT2D eigenvalue weighted by Crippen LogP contribution is 2.18. The topological polar surface area (TPSA) is 35.8 Å². The maximum absolute atomic E-state index is 9.16. The van der Waals surface area contributed by atoms with Gasteiger partial charge >= 0.3 is 0 Å². The Labute approximate surface area is 96.2 Å². The Balaban J connectivity index is 5.30. The van der Waals surface area contributed by atoms with E-state index < -0.39 is 0 Å². The van der Waals surface area contributed by atoms with Crippen molar-refractivity contribution in [2.75, 3.05) is 5.88 Å². The van der Waals surface area contributed by atoms with Gasteiger partial charge in [0.15, 0.2) is 0 Å². The molecule has 0 amide bonds. The van der Waals surface area contributed by atoms with Gasteiger partial charge in [0.05, 0.1) is 17.3 Å². The van der Waals surface area contributed by atoms with Crippen LogP contribution in [0.15, 0.2) is 53.7 Å². The van der Waals surface area contributed by atoms with E-state index in [2.05, 4.69) is 37.5 Å². The van der Waals surface area contributed by atoms with Gasteiger partial charge in [-0.25, -0.2) is 0 Å². The van der Waals surface area contributed by atoms with Gasteiger partial charge in [0.1, 0.15) is 5.76 Å². The molecule has 0 aliphatic carbocycles. The van der Waals surface area contributed by atoms with E-state index in [1.807, 2.05) is 6.92 Å². The zero-order valence-electron chi connectivity index (χ0n) is 8.85.